The molecule has 544 valence electrons. The summed E-state index contributed by atoms with van der Waals surface area (Å²) >= 11 is 0. The fourth-order valence-corrected chi connectivity index (χ4v) is 11.5. The van der Waals surface area contributed by atoms with Crippen LogP contribution in [0.3, 0.4) is 0 Å². The van der Waals surface area contributed by atoms with Crippen LogP contribution in [0.5, 0.6) is 23.0 Å². The molecule has 6 rings (SSSR count). The number of carbonyl (C=O) groups excluding carboxylic acids is 2. The van der Waals surface area contributed by atoms with Crippen molar-refractivity contribution in [2.45, 2.75) is 284 Å². The SMILES string of the molecule is CC(=O)[O-].CC(=O)[O-].CC1NCC(C)(C)CNC(C)c2cc(C(C)(C)C)cc(c2O)C(C)NCC(C)(C)CNC(C)c2cc(C(C)(C)C)cc1c2O.CC1[CH-]CC(C)(C)C[N-]C(C)c2cc(C(C)(C)C)cc(c2[O-])C(C)[N-]CC(C)(C)C[N-]C(C)c2cc(C(C)(C)C)cc1c2[O-].[Mg+2].[Mg+2]. The molecule has 2 aliphatic heterocycles. The molecule has 0 saturated heterocycles. The first-order valence-corrected chi connectivity index (χ1v) is 35.1. The Balaban J connectivity index is 0.000000866. The fraction of sp³-hybridized carbons (Fsp3) is 0.667. The molecule has 17 heteroatoms. The van der Waals surface area contributed by atoms with E-state index in [0.717, 1.165) is 96.5 Å². The van der Waals surface area contributed by atoms with Crippen LogP contribution < -0.4 is 41.7 Å². The van der Waals surface area contributed by atoms with Gasteiger partial charge in [0.05, 0.1) is 0 Å². The van der Waals surface area contributed by atoms with Gasteiger partial charge in [-0.3, -0.25) is 0 Å². The second-order valence-electron chi connectivity index (χ2n) is 35.3. The number of fused-ring (bicyclic) bond motifs is 8. The van der Waals surface area contributed by atoms with E-state index in [4.69, 9.17) is 35.8 Å². The maximum atomic E-state index is 13.9. The van der Waals surface area contributed by atoms with Gasteiger partial charge in [0.25, 0.3) is 0 Å². The Morgan fingerprint density at radius 1 is 0.408 bits per heavy atom. The summed E-state index contributed by atoms with van der Waals surface area (Å²) in [5, 5.41) is 99.0. The molecule has 2 heterocycles. The van der Waals surface area contributed by atoms with Gasteiger partial charge in [-0.2, -0.15) is 6.42 Å². The molecule has 0 amide bonds. The normalized spacial score (nSPS) is 23.7. The number of benzene rings is 4. The van der Waals surface area contributed by atoms with Gasteiger partial charge in [0.15, 0.2) is 0 Å². The van der Waals surface area contributed by atoms with Crippen LogP contribution in [0.1, 0.15) is 329 Å². The monoisotopic (exact) mass is 1380 g/mol. The number of aromatic hydroxyl groups is 2. The average Bonchev–Trinajstić information content (AvgIpc) is 0.809. The topological polar surface area (TPSA) is 257 Å². The van der Waals surface area contributed by atoms with Gasteiger partial charge in [0.2, 0.25) is 0 Å². The Labute approximate surface area is 627 Å². The maximum Gasteiger partial charge on any atom is 2.00 e. The van der Waals surface area contributed by atoms with Crippen molar-refractivity contribution < 1.29 is 40.2 Å². The zero-order chi connectivity index (χ0) is 74.0. The number of phenols is 2. The molecule has 0 radical (unpaired) electrons. The molecule has 8 unspecified atom stereocenters. The summed E-state index contributed by atoms with van der Waals surface area (Å²) in [4.78, 5) is 17.8. The molecule has 6 N–H and O–H groups in total. The van der Waals surface area contributed by atoms with Crippen LogP contribution in [0.2, 0.25) is 0 Å². The maximum absolute atomic E-state index is 13.9. The van der Waals surface area contributed by atoms with Crippen molar-refractivity contribution in [3.8, 4) is 23.0 Å². The molecule has 2 aliphatic rings. The summed E-state index contributed by atoms with van der Waals surface area (Å²) in [6.07, 6.45) is 3.08. The molecule has 0 aromatic heterocycles. The predicted octanol–water partition coefficient (Wildman–Crippen LogP) is 15.0. The van der Waals surface area contributed by atoms with Crippen molar-refractivity contribution in [3.05, 3.63) is 138 Å². The van der Waals surface area contributed by atoms with Crippen LogP contribution in [0.15, 0.2) is 48.5 Å². The molecule has 8 atom stereocenters. The molecular weight excluding hydrogens is 1250 g/mol. The molecule has 15 nitrogen and oxygen atoms in total. The van der Waals surface area contributed by atoms with Crippen molar-refractivity contribution in [1.29, 1.82) is 0 Å². The largest absolute Gasteiger partial charge is 2.00 e. The van der Waals surface area contributed by atoms with Gasteiger partial charge in [-0.15, -0.1) is 55.2 Å². The Hall–Kier alpha value is -3.73. The van der Waals surface area contributed by atoms with Gasteiger partial charge < -0.3 is 83.9 Å². The second kappa shape index (κ2) is 37.1. The smallest absolute Gasteiger partial charge is 0.872 e. The number of aliphatic carboxylic acids is 2. The minimum absolute atomic E-state index is 0. The van der Waals surface area contributed by atoms with Crippen molar-refractivity contribution >= 4 is 58.0 Å². The van der Waals surface area contributed by atoms with Gasteiger partial charge in [0, 0.05) is 84.5 Å². The van der Waals surface area contributed by atoms with Gasteiger partial charge >= 0.3 is 46.1 Å². The summed E-state index contributed by atoms with van der Waals surface area (Å²) in [5.74, 6) is -1.25. The molecule has 0 fully saturated rings. The van der Waals surface area contributed by atoms with Gasteiger partial charge in [-0.25, -0.2) is 0 Å². The average molecular weight is 1380 g/mol. The van der Waals surface area contributed by atoms with Crippen LogP contribution in [-0.4, -0.2) is 114 Å². The van der Waals surface area contributed by atoms with E-state index in [9.17, 15) is 20.4 Å². The Kier molecular flexibility index (Phi) is 35.0. The molecule has 0 saturated carbocycles. The first-order chi connectivity index (χ1) is 43.5. The minimum Gasteiger partial charge on any atom is -0.872 e. The van der Waals surface area contributed by atoms with Crippen molar-refractivity contribution in [2.24, 2.45) is 21.7 Å². The van der Waals surface area contributed by atoms with E-state index in [1.807, 2.05) is 20.8 Å². The molecule has 8 bridgehead atoms. The van der Waals surface area contributed by atoms with Gasteiger partial charge in [0.1, 0.15) is 11.5 Å². The third-order valence-electron chi connectivity index (χ3n) is 18.8. The quantitative estimate of drug-likeness (QED) is 0.0710. The van der Waals surface area contributed by atoms with E-state index in [-0.39, 0.29) is 149 Å². The molecule has 0 aliphatic carbocycles. The first kappa shape index (κ1) is 92.3. The number of carboxylic acids is 2. The molecule has 98 heavy (non-hydrogen) atoms. The summed E-state index contributed by atoms with van der Waals surface area (Å²) in [7, 11) is 0. The van der Waals surface area contributed by atoms with Crippen LogP contribution in [-0.2, 0) is 31.2 Å². The van der Waals surface area contributed by atoms with Gasteiger partial charge in [-0.05, 0) is 121 Å². The number of hydrogen-bond acceptors (Lipinski definition) is 12. The summed E-state index contributed by atoms with van der Waals surface area (Å²) in [6, 6.07) is 16.3. The van der Waals surface area contributed by atoms with Crippen molar-refractivity contribution in [1.82, 2.24) is 21.3 Å². The number of nitrogens with one attached hydrogen (secondary N) is 4. The fourth-order valence-electron chi connectivity index (χ4n) is 11.5. The van der Waals surface area contributed by atoms with E-state index in [0.29, 0.717) is 31.1 Å². The molecule has 4 aromatic rings. The van der Waals surface area contributed by atoms with E-state index in [2.05, 4.69) is 249 Å². The zero-order valence-corrected chi connectivity index (χ0v) is 69.4. The Morgan fingerprint density at radius 3 is 0.847 bits per heavy atom. The number of carbonyl (C=O) groups is 2. The Bertz CT molecular complexity index is 2640. The zero-order valence-electron chi connectivity index (χ0n) is 66.6. The number of nitrogens with zero attached hydrogens (tertiary/aromatic N) is 3. The van der Waals surface area contributed by atoms with E-state index < -0.39 is 11.9 Å². The summed E-state index contributed by atoms with van der Waals surface area (Å²) < 4.78 is 0. The van der Waals surface area contributed by atoms with Crippen LogP contribution in [0.4, 0.5) is 0 Å². The Morgan fingerprint density at radius 2 is 0.612 bits per heavy atom. The molecule has 0 spiro atoms. The minimum atomic E-state index is -1.08. The third-order valence-corrected chi connectivity index (χ3v) is 18.8. The predicted molar refractivity (Wildman–Crippen MR) is 404 cm³/mol. The number of carboxylic acid groups (broad SMARTS) is 2. The standard InChI is InChI=1S/C39H61N3O2.C38H64N4O2.2C2H4O2.2Mg/c1-24-15-16-38(11,12)21-40-26(3)32-19-29(37(8,9)10)20-33(35(32)44)27(4)42-23-39(13,14)22-41-25(2)31-18-28(36(5,6)7)17-30(24)34(31)43;1-23-29-15-27(35(5,6)7)16-30(33(29)43)24(2)41-21-38(13,14)22-42-26(4)32-18-28(36(8,9)10)17-31(34(32)44)25(3)40-20-37(11,12)19-39-23;2*1-2(3)4;;/h15,17-20,24-27,43-44H,16,21-23H2,1-14H3;15-18,23-26,39-44H,19-22H2,1-14H3;2*1H3,(H,3,4);;/q-4;;;;2*+2/p-4. The summed E-state index contributed by atoms with van der Waals surface area (Å²) in [5.41, 5.74) is 10.9. The van der Waals surface area contributed by atoms with Crippen LogP contribution in [0, 0.1) is 28.1 Å². The van der Waals surface area contributed by atoms with Gasteiger partial charge in [-0.1, -0.05) is 224 Å². The first-order valence-electron chi connectivity index (χ1n) is 35.1. The summed E-state index contributed by atoms with van der Waals surface area (Å²) in [6.45, 7) is 67.9. The second-order valence-corrected chi connectivity index (χ2v) is 35.3. The van der Waals surface area contributed by atoms with E-state index >= 15 is 0 Å². The molecule has 4 aromatic carbocycles. The third kappa shape index (κ3) is 28.5. The van der Waals surface area contributed by atoms with Crippen LogP contribution in [0.25, 0.3) is 16.0 Å². The number of rotatable bonds is 0. The van der Waals surface area contributed by atoms with Crippen molar-refractivity contribution in [2.75, 3.05) is 45.8 Å². The number of phenolic OH excluding ortho intramolecular Hbond substituents is 2. The van der Waals surface area contributed by atoms with Crippen LogP contribution >= 0.6 is 0 Å². The number of hydrogen-bond donors (Lipinski definition) is 6. The van der Waals surface area contributed by atoms with E-state index in [1.165, 1.54) is 16.7 Å². The van der Waals surface area contributed by atoms with Crippen molar-refractivity contribution in [3.63, 3.8) is 0 Å². The molecular formula is C81H129Mg2N7O8-4. The van der Waals surface area contributed by atoms with E-state index in [1.54, 1.807) is 0 Å².